The summed E-state index contributed by atoms with van der Waals surface area (Å²) in [5.41, 5.74) is 1.58. The summed E-state index contributed by atoms with van der Waals surface area (Å²) in [7, 11) is -0.881. The number of aromatic amines is 1. The van der Waals surface area contributed by atoms with E-state index in [2.05, 4.69) is 37.2 Å². The maximum Gasteiger partial charge on any atom is 0.279 e. The molecule has 4 aromatic carbocycles. The van der Waals surface area contributed by atoms with Crippen LogP contribution in [0.2, 0.25) is 18.6 Å². The molecular weight excluding hydrogens is 673 g/mol. The molecule has 268 valence electrons. The fraction of sp³-hybridized carbons (Fsp3) is 0.341. The summed E-state index contributed by atoms with van der Waals surface area (Å²) in [5, 5.41) is 15.1. The predicted octanol–water partition coefficient (Wildman–Crippen LogP) is 5.60. The highest BCUT2D eigenvalue weighted by atomic mass is 28.3. The molecule has 10 nitrogen and oxygen atoms in total. The molecule has 5 atom stereocenters. The van der Waals surface area contributed by atoms with Crippen LogP contribution in [0.25, 0.3) is 16.6 Å². The predicted molar refractivity (Wildman–Crippen MR) is 203 cm³/mol. The van der Waals surface area contributed by atoms with Crippen molar-refractivity contribution in [2.75, 3.05) is 25.2 Å². The average Bonchev–Trinajstić information content (AvgIpc) is 3.91. The molecule has 52 heavy (non-hydrogen) atoms. The van der Waals surface area contributed by atoms with Gasteiger partial charge in [0.25, 0.3) is 11.5 Å². The second-order valence-corrected chi connectivity index (χ2v) is 19.6. The van der Waals surface area contributed by atoms with Gasteiger partial charge in [-0.25, -0.2) is 4.68 Å². The molecule has 0 saturated carbocycles. The van der Waals surface area contributed by atoms with Gasteiger partial charge in [-0.3, -0.25) is 24.4 Å². The van der Waals surface area contributed by atoms with E-state index in [-0.39, 0.29) is 47.9 Å². The van der Waals surface area contributed by atoms with Gasteiger partial charge in [0.15, 0.2) is 5.60 Å². The van der Waals surface area contributed by atoms with Crippen molar-refractivity contribution < 1.29 is 24.2 Å². The van der Waals surface area contributed by atoms with Crippen molar-refractivity contribution in [3.8, 4) is 11.4 Å². The first-order valence-corrected chi connectivity index (χ1v) is 21.1. The van der Waals surface area contributed by atoms with Crippen LogP contribution >= 0.6 is 0 Å². The Kier molecular flexibility index (Phi) is 8.47. The first-order valence-electron chi connectivity index (χ1n) is 18.1. The molecule has 4 heterocycles. The Morgan fingerprint density at radius 2 is 1.71 bits per heavy atom. The fourth-order valence-electron chi connectivity index (χ4n) is 9.28. The number of methoxy groups -OCH3 is 1. The number of carbonyl (C=O) groups is 2. The van der Waals surface area contributed by atoms with Gasteiger partial charge < -0.3 is 19.5 Å². The van der Waals surface area contributed by atoms with Gasteiger partial charge in [0.05, 0.1) is 62.6 Å². The Balaban J connectivity index is 1.30. The smallest absolute Gasteiger partial charge is 0.279 e. The van der Waals surface area contributed by atoms with Crippen LogP contribution in [0, 0.1) is 5.92 Å². The number of nitrogens with zero attached hydrogens (tertiary/aromatic N) is 3. The lowest BCUT2D eigenvalue weighted by atomic mass is 9.82. The average molecular weight is 717 g/mol. The van der Waals surface area contributed by atoms with Gasteiger partial charge in [-0.15, -0.1) is 0 Å². The third kappa shape index (κ3) is 5.16. The number of anilines is 2. The highest BCUT2D eigenvalue weighted by molar-refractivity contribution is 6.91. The number of ether oxygens (including phenoxy) is 2. The van der Waals surface area contributed by atoms with Crippen molar-refractivity contribution in [1.29, 1.82) is 0 Å². The Labute approximate surface area is 303 Å². The number of amides is 2. The van der Waals surface area contributed by atoms with Crippen molar-refractivity contribution >= 4 is 47.4 Å². The van der Waals surface area contributed by atoms with Crippen LogP contribution in [0.5, 0.6) is 5.75 Å². The highest BCUT2D eigenvalue weighted by Crippen LogP contribution is 2.61. The maximum absolute atomic E-state index is 15.3. The van der Waals surface area contributed by atoms with E-state index in [0.29, 0.717) is 40.1 Å². The molecule has 0 unspecified atom stereocenters. The highest BCUT2D eigenvalue weighted by Gasteiger charge is 2.67. The minimum atomic E-state index is -2.53. The number of rotatable bonds is 8. The summed E-state index contributed by atoms with van der Waals surface area (Å²) >= 11 is 0. The molecule has 0 radical (unpaired) electrons. The van der Waals surface area contributed by atoms with Crippen molar-refractivity contribution in [3.05, 3.63) is 113 Å². The fourth-order valence-corrected chi connectivity index (χ4v) is 13.3. The molecule has 0 bridgehead atoms. The lowest BCUT2D eigenvalue weighted by Gasteiger charge is -2.37. The molecule has 2 saturated heterocycles. The number of fused-ring (bicyclic) bond motifs is 3. The van der Waals surface area contributed by atoms with E-state index >= 15 is 4.79 Å². The van der Waals surface area contributed by atoms with Gasteiger partial charge in [-0.1, -0.05) is 67.7 Å². The third-order valence-corrected chi connectivity index (χ3v) is 16.2. The lowest BCUT2D eigenvalue weighted by molar-refractivity contribution is -0.149. The molecule has 3 aliphatic heterocycles. The summed E-state index contributed by atoms with van der Waals surface area (Å²) in [6.07, 6.45) is 1.11. The second-order valence-electron chi connectivity index (χ2n) is 14.9. The largest absolute Gasteiger partial charge is 0.497 e. The van der Waals surface area contributed by atoms with E-state index in [4.69, 9.17) is 9.47 Å². The Bertz CT molecular complexity index is 2220. The number of aromatic nitrogens is 2. The third-order valence-electron chi connectivity index (χ3n) is 11.9. The number of hydrogen-bond donors (Lipinski definition) is 2. The zero-order chi connectivity index (χ0) is 36.4. The van der Waals surface area contributed by atoms with E-state index in [1.807, 2.05) is 78.9 Å². The number of aliphatic hydroxyl groups is 1. The summed E-state index contributed by atoms with van der Waals surface area (Å²) in [6.45, 7) is 7.18. The summed E-state index contributed by atoms with van der Waals surface area (Å²) in [4.78, 5) is 46.6. The molecule has 3 aliphatic rings. The molecule has 2 N–H and O–H groups in total. The van der Waals surface area contributed by atoms with Crippen molar-refractivity contribution in [2.24, 2.45) is 5.92 Å². The van der Waals surface area contributed by atoms with Gasteiger partial charge in [-0.05, 0) is 73.0 Å². The van der Waals surface area contributed by atoms with E-state index in [1.165, 1.54) is 9.87 Å². The zero-order valence-corrected chi connectivity index (χ0v) is 30.9. The Morgan fingerprint density at radius 3 is 2.42 bits per heavy atom. The van der Waals surface area contributed by atoms with Crippen LogP contribution in [0.15, 0.2) is 102 Å². The number of aliphatic hydroxyl groups excluding tert-OH is 1. The van der Waals surface area contributed by atoms with Crippen molar-refractivity contribution in [2.45, 2.75) is 62.6 Å². The normalized spacial score (nSPS) is 24.3. The van der Waals surface area contributed by atoms with E-state index < -0.39 is 19.8 Å². The SMILES string of the molecule is COc1ccc([Si](C)(C)[C@H]2[C@H](CC(=O)N3CCC[C@H]3CO)O[C@@]3(C(=O)N(c4ccccc4)c4ccc(-n5[nH]c6ccccc6c5=O)cc43)[C@@H]2C)cc1. The monoisotopic (exact) mass is 716 g/mol. The molecular formula is C41H44N4O6Si. The number of H-pyrrole nitrogens is 1. The minimum Gasteiger partial charge on any atom is -0.497 e. The molecule has 8 rings (SSSR count). The first kappa shape index (κ1) is 34.1. The number of hydrogen-bond acceptors (Lipinski definition) is 6. The summed E-state index contributed by atoms with van der Waals surface area (Å²) < 4.78 is 14.3. The van der Waals surface area contributed by atoms with Gasteiger partial charge in [0, 0.05) is 23.7 Å². The van der Waals surface area contributed by atoms with Gasteiger partial charge in [-0.2, -0.15) is 0 Å². The molecule has 2 amide bonds. The van der Waals surface area contributed by atoms with Crippen molar-refractivity contribution in [3.63, 3.8) is 0 Å². The quantitative estimate of drug-likeness (QED) is 0.202. The number of para-hydroxylation sites is 2. The number of nitrogens with one attached hydrogen (secondary N) is 1. The second kappa shape index (κ2) is 12.9. The molecule has 1 aromatic heterocycles. The zero-order valence-electron chi connectivity index (χ0n) is 29.9. The van der Waals surface area contributed by atoms with Gasteiger partial charge in [0.2, 0.25) is 5.91 Å². The van der Waals surface area contributed by atoms with E-state index in [9.17, 15) is 14.7 Å². The summed E-state index contributed by atoms with van der Waals surface area (Å²) in [5.74, 6) is 0.126. The van der Waals surface area contributed by atoms with E-state index in [0.717, 1.165) is 18.6 Å². The molecule has 1 spiro atoms. The van der Waals surface area contributed by atoms with Gasteiger partial charge >= 0.3 is 0 Å². The summed E-state index contributed by atoms with van der Waals surface area (Å²) in [6, 6.07) is 30.5. The minimum absolute atomic E-state index is 0.0701. The van der Waals surface area contributed by atoms with Crippen LogP contribution in [0.3, 0.4) is 0 Å². The first-order chi connectivity index (χ1) is 25.1. The van der Waals surface area contributed by atoms with Crippen LogP contribution < -0.4 is 20.4 Å². The molecule has 5 aromatic rings. The topological polar surface area (TPSA) is 117 Å². The number of carbonyl (C=O) groups excluding carboxylic acids is 2. The van der Waals surface area contributed by atoms with E-state index in [1.54, 1.807) is 23.0 Å². The van der Waals surface area contributed by atoms with Crippen LogP contribution in [-0.2, 0) is 19.9 Å². The molecule has 2 fully saturated rings. The van der Waals surface area contributed by atoms with Crippen LogP contribution in [0.1, 0.15) is 31.7 Å². The van der Waals surface area contributed by atoms with Gasteiger partial charge in [0.1, 0.15) is 5.75 Å². The Morgan fingerprint density at radius 1 is 0.981 bits per heavy atom. The molecule has 0 aliphatic carbocycles. The number of benzene rings is 4. The Hall–Kier alpha value is -4.97. The van der Waals surface area contributed by atoms with Crippen LogP contribution in [-0.4, -0.2) is 72.1 Å². The standard InChI is InChI=1S/C41H44N4O6Si/c1-26-38(52(3,4)31-19-17-30(50-2)18-20-31)36(24-37(47)43-22-10-13-29(43)25-46)51-41(26)33-23-28(45-39(48)32-14-8-9-15-34(32)42-45)16-21-35(33)44(40(41)49)27-11-6-5-7-12-27/h5-9,11-12,14-21,23,26,29,36,38,42,46H,10,13,22,24-25H2,1-4H3/t26-,29+,36+,38-,41+/m1/s1. The lowest BCUT2D eigenvalue weighted by Crippen LogP contribution is -2.52. The molecule has 11 heteroatoms. The maximum atomic E-state index is 15.3. The van der Waals surface area contributed by atoms with Crippen molar-refractivity contribution in [1.82, 2.24) is 14.7 Å². The van der Waals surface area contributed by atoms with Crippen LogP contribution in [0.4, 0.5) is 11.4 Å². The number of likely N-dealkylation sites (tertiary alicyclic amines) is 1.